The van der Waals surface area contributed by atoms with Crippen molar-refractivity contribution in [2.75, 3.05) is 5.88 Å². The topological polar surface area (TPSA) is 68.3 Å². The summed E-state index contributed by atoms with van der Waals surface area (Å²) in [6, 6.07) is 3.68. The number of hydrogen-bond donors (Lipinski definition) is 0. The number of carbonyl (C=O) groups is 1. The minimum absolute atomic E-state index is 0.0506. The van der Waals surface area contributed by atoms with E-state index in [-0.39, 0.29) is 17.1 Å². The second kappa shape index (κ2) is 3.87. The van der Waals surface area contributed by atoms with Crippen LogP contribution in [-0.4, -0.2) is 11.7 Å². The summed E-state index contributed by atoms with van der Waals surface area (Å²) in [5.74, 6) is -1.15. The van der Waals surface area contributed by atoms with Crippen molar-refractivity contribution in [3.05, 3.63) is 28.7 Å². The fraction of sp³-hybridized carbons (Fsp3) is 0.125. The zero-order chi connectivity index (χ0) is 9.84. The van der Waals surface area contributed by atoms with Gasteiger partial charge in [0.05, 0.1) is 5.88 Å². The molecule has 0 saturated carbocycles. The molecule has 0 amide bonds. The van der Waals surface area contributed by atoms with Crippen LogP contribution < -0.4 is 5.11 Å². The number of rotatable bonds is 2. The molecular formula is C8H5ClN2O2. The number of carbonyl (C=O) groups excluding carboxylic acids is 1. The van der Waals surface area contributed by atoms with Gasteiger partial charge in [-0.2, -0.15) is 0 Å². The molecule has 0 N–H and O–H groups in total. The third-order valence-electron chi connectivity index (χ3n) is 1.50. The van der Waals surface area contributed by atoms with Crippen molar-refractivity contribution in [1.29, 1.82) is 5.39 Å². The summed E-state index contributed by atoms with van der Waals surface area (Å²) in [4.78, 5) is 13.9. The lowest BCUT2D eigenvalue weighted by Gasteiger charge is -2.08. The lowest BCUT2D eigenvalue weighted by atomic mass is 10.1. The number of benzene rings is 1. The van der Waals surface area contributed by atoms with Crippen molar-refractivity contribution >= 4 is 23.1 Å². The Labute approximate surface area is 79.4 Å². The van der Waals surface area contributed by atoms with E-state index in [2.05, 4.69) is 4.98 Å². The fourth-order valence-electron chi connectivity index (χ4n) is 0.870. The van der Waals surface area contributed by atoms with Crippen LogP contribution in [-0.2, 0) is 0 Å². The van der Waals surface area contributed by atoms with Crippen molar-refractivity contribution in [3.8, 4) is 5.75 Å². The molecule has 1 aromatic carbocycles. The lowest BCUT2D eigenvalue weighted by molar-refractivity contribution is -0.268. The molecule has 0 aromatic heterocycles. The van der Waals surface area contributed by atoms with E-state index < -0.39 is 11.5 Å². The van der Waals surface area contributed by atoms with E-state index in [9.17, 15) is 9.90 Å². The predicted octanol–water partition coefficient (Wildman–Crippen LogP) is 1.67. The van der Waals surface area contributed by atoms with Crippen LogP contribution in [0.4, 0.5) is 5.69 Å². The zero-order valence-corrected chi connectivity index (χ0v) is 7.28. The van der Waals surface area contributed by atoms with Gasteiger partial charge in [-0.05, 0) is 0 Å². The van der Waals surface area contributed by atoms with Gasteiger partial charge in [0.2, 0.25) is 5.39 Å². The second-order valence-electron chi connectivity index (χ2n) is 2.34. The maximum atomic E-state index is 11.1. The monoisotopic (exact) mass is 196 g/mol. The summed E-state index contributed by atoms with van der Waals surface area (Å²) in [7, 11) is 0. The molecule has 5 heteroatoms. The average molecular weight is 197 g/mol. The molecule has 0 fully saturated rings. The van der Waals surface area contributed by atoms with Gasteiger partial charge >= 0.3 is 5.69 Å². The van der Waals surface area contributed by atoms with E-state index in [1.165, 1.54) is 12.1 Å². The van der Waals surface area contributed by atoms with Crippen LogP contribution in [0.3, 0.4) is 0 Å². The van der Waals surface area contributed by atoms with Gasteiger partial charge in [-0.3, -0.25) is 4.79 Å². The zero-order valence-electron chi connectivity index (χ0n) is 6.53. The van der Waals surface area contributed by atoms with E-state index in [1.807, 2.05) is 0 Å². The first-order valence-electron chi connectivity index (χ1n) is 3.44. The van der Waals surface area contributed by atoms with E-state index in [0.717, 1.165) is 6.07 Å². The Balaban J connectivity index is 3.20. The molecule has 13 heavy (non-hydrogen) atoms. The molecule has 0 unspecified atom stereocenters. The minimum Gasteiger partial charge on any atom is -0.872 e. The maximum Gasteiger partial charge on any atom is 0.385 e. The normalized spacial score (nSPS) is 9.23. The van der Waals surface area contributed by atoms with Crippen molar-refractivity contribution in [1.82, 2.24) is 0 Å². The number of diazo groups is 1. The highest BCUT2D eigenvalue weighted by Gasteiger charge is 2.11. The molecule has 4 nitrogen and oxygen atoms in total. The van der Waals surface area contributed by atoms with Crippen molar-refractivity contribution < 1.29 is 9.90 Å². The lowest BCUT2D eigenvalue weighted by Crippen LogP contribution is -2.05. The third kappa shape index (κ3) is 1.95. The number of alkyl halides is 1. The van der Waals surface area contributed by atoms with E-state index >= 15 is 0 Å². The van der Waals surface area contributed by atoms with Gasteiger partial charge in [-0.1, -0.05) is 11.8 Å². The molecule has 0 aliphatic heterocycles. The van der Waals surface area contributed by atoms with E-state index in [4.69, 9.17) is 17.0 Å². The Morgan fingerprint density at radius 1 is 1.62 bits per heavy atom. The quantitative estimate of drug-likeness (QED) is 0.410. The molecular weight excluding hydrogens is 192 g/mol. The number of ketones is 1. The Hall–Kier alpha value is -1.60. The van der Waals surface area contributed by atoms with Crippen molar-refractivity contribution in [2.24, 2.45) is 0 Å². The number of Topliss-reactive ketones (excluding diaryl/α,β-unsaturated/α-hetero) is 1. The molecule has 0 saturated heterocycles. The number of halogens is 1. The average Bonchev–Trinajstić information content (AvgIpc) is 2.17. The van der Waals surface area contributed by atoms with E-state index in [0.29, 0.717) is 0 Å². The highest BCUT2D eigenvalue weighted by Crippen LogP contribution is 2.21. The molecule has 0 spiro atoms. The van der Waals surface area contributed by atoms with Crippen molar-refractivity contribution in [3.63, 3.8) is 0 Å². The van der Waals surface area contributed by atoms with Gasteiger partial charge in [0, 0.05) is 17.7 Å². The van der Waals surface area contributed by atoms with Gasteiger partial charge in [-0.25, -0.2) is 0 Å². The molecule has 0 radical (unpaired) electrons. The number of hydrogen-bond acceptors (Lipinski definition) is 3. The van der Waals surface area contributed by atoms with Crippen LogP contribution in [0.5, 0.6) is 5.75 Å². The summed E-state index contributed by atoms with van der Waals surface area (Å²) in [5.41, 5.74) is 0.110. The van der Waals surface area contributed by atoms with Gasteiger partial charge in [-0.15, -0.1) is 11.6 Å². The molecule has 0 aliphatic rings. The third-order valence-corrected chi connectivity index (χ3v) is 1.74. The Bertz CT molecular complexity index is 384. The largest absolute Gasteiger partial charge is 0.872 e. The van der Waals surface area contributed by atoms with Crippen LogP contribution in [0, 0.1) is 5.39 Å². The summed E-state index contributed by atoms with van der Waals surface area (Å²) < 4.78 is 0. The van der Waals surface area contributed by atoms with Crippen LogP contribution in [0.15, 0.2) is 18.2 Å². The van der Waals surface area contributed by atoms with Crippen LogP contribution >= 0.6 is 11.6 Å². The maximum absolute atomic E-state index is 11.1. The Morgan fingerprint density at radius 3 is 2.85 bits per heavy atom. The molecule has 1 rings (SSSR count). The second-order valence-corrected chi connectivity index (χ2v) is 2.60. The number of nitrogens with zero attached hydrogens (tertiary/aromatic N) is 2. The highest BCUT2D eigenvalue weighted by molar-refractivity contribution is 6.30. The standard InChI is InChI=1S/C8H5ClN2O2/c9-4-8(13)6-3-5(11-10)1-2-7(6)12/h1-3H,4H2. The summed E-state index contributed by atoms with van der Waals surface area (Å²) in [6.45, 7) is 0. The highest BCUT2D eigenvalue weighted by atomic mass is 35.5. The van der Waals surface area contributed by atoms with Crippen LogP contribution in [0.2, 0.25) is 0 Å². The molecule has 0 atom stereocenters. The first-order valence-corrected chi connectivity index (χ1v) is 3.98. The molecule has 66 valence electrons. The Kier molecular flexibility index (Phi) is 2.83. The molecule has 0 aliphatic carbocycles. The van der Waals surface area contributed by atoms with Gasteiger partial charge < -0.3 is 5.11 Å². The SMILES string of the molecule is N#[N+]c1ccc([O-])c(C(=O)CCl)c1. The van der Waals surface area contributed by atoms with Crippen LogP contribution in [0.25, 0.3) is 4.98 Å². The molecule has 0 heterocycles. The summed E-state index contributed by atoms with van der Waals surface area (Å²) in [5, 5.41) is 19.5. The molecule has 1 aromatic rings. The smallest absolute Gasteiger partial charge is 0.385 e. The first kappa shape index (κ1) is 9.49. The van der Waals surface area contributed by atoms with E-state index in [1.54, 1.807) is 0 Å². The van der Waals surface area contributed by atoms with Gasteiger partial charge in [0.15, 0.2) is 10.8 Å². The van der Waals surface area contributed by atoms with Gasteiger partial charge in [0.25, 0.3) is 0 Å². The predicted molar refractivity (Wildman–Crippen MR) is 45.7 cm³/mol. The summed E-state index contributed by atoms with van der Waals surface area (Å²) in [6.07, 6.45) is 0. The minimum atomic E-state index is -0.475. The Morgan fingerprint density at radius 2 is 2.31 bits per heavy atom. The van der Waals surface area contributed by atoms with Crippen LogP contribution in [0.1, 0.15) is 10.4 Å². The first-order chi connectivity index (χ1) is 6.19. The molecule has 0 bridgehead atoms. The van der Waals surface area contributed by atoms with Crippen molar-refractivity contribution in [2.45, 2.75) is 0 Å². The fourth-order valence-corrected chi connectivity index (χ4v) is 1.01. The van der Waals surface area contributed by atoms with Gasteiger partial charge in [0.1, 0.15) is 0 Å². The summed E-state index contributed by atoms with van der Waals surface area (Å²) >= 11 is 5.27.